The molecule has 3 aromatic rings. The lowest BCUT2D eigenvalue weighted by molar-refractivity contribution is -0.119. The summed E-state index contributed by atoms with van der Waals surface area (Å²) in [7, 11) is 0. The van der Waals surface area contributed by atoms with Gasteiger partial charge in [0.2, 0.25) is 11.8 Å². The molecule has 2 aromatic carbocycles. The number of para-hydroxylation sites is 3. The Labute approximate surface area is 193 Å². The van der Waals surface area contributed by atoms with Crippen molar-refractivity contribution < 1.29 is 9.59 Å². The van der Waals surface area contributed by atoms with Gasteiger partial charge in [-0.15, -0.1) is 0 Å². The second kappa shape index (κ2) is 9.10. The molecule has 7 heteroatoms. The van der Waals surface area contributed by atoms with E-state index in [0.717, 1.165) is 35.6 Å². The monoisotopic (exact) mass is 443 g/mol. The van der Waals surface area contributed by atoms with Crippen LogP contribution in [-0.4, -0.2) is 34.7 Å². The molecule has 33 heavy (non-hydrogen) atoms. The van der Waals surface area contributed by atoms with Crippen molar-refractivity contribution in [3.8, 4) is 5.69 Å². The Balaban J connectivity index is 1.40. The average molecular weight is 444 g/mol. The van der Waals surface area contributed by atoms with Gasteiger partial charge < -0.3 is 15.5 Å². The fourth-order valence-corrected chi connectivity index (χ4v) is 4.80. The Hall–Kier alpha value is -3.61. The van der Waals surface area contributed by atoms with Crippen molar-refractivity contribution in [1.82, 2.24) is 9.78 Å². The molecule has 2 aliphatic rings. The third kappa shape index (κ3) is 4.49. The molecule has 0 radical (unpaired) electrons. The molecule has 1 saturated carbocycles. The predicted molar refractivity (Wildman–Crippen MR) is 130 cm³/mol. The lowest BCUT2D eigenvalue weighted by Crippen LogP contribution is -2.37. The molecule has 2 amide bonds. The second-order valence-electron chi connectivity index (χ2n) is 9.02. The number of rotatable bonds is 5. The van der Waals surface area contributed by atoms with Gasteiger partial charge in [0.25, 0.3) is 0 Å². The summed E-state index contributed by atoms with van der Waals surface area (Å²) in [6.07, 6.45) is 4.74. The summed E-state index contributed by atoms with van der Waals surface area (Å²) in [6, 6.07) is 19.5. The van der Waals surface area contributed by atoms with Gasteiger partial charge in [0, 0.05) is 18.5 Å². The Bertz CT molecular complexity index is 1150. The third-order valence-corrected chi connectivity index (χ3v) is 6.55. The van der Waals surface area contributed by atoms with Crippen LogP contribution in [0, 0.1) is 5.92 Å². The SMILES string of the molecule is CC1CN(CC(=O)Nc2cc(C3CCCC3)nn2-c2ccccc2)c2ccccc2NC1=O. The Morgan fingerprint density at radius 1 is 1.09 bits per heavy atom. The number of nitrogens with zero attached hydrogens (tertiary/aromatic N) is 3. The zero-order chi connectivity index (χ0) is 22.8. The first-order valence-electron chi connectivity index (χ1n) is 11.7. The lowest BCUT2D eigenvalue weighted by Gasteiger charge is -2.25. The van der Waals surface area contributed by atoms with Crippen LogP contribution in [0.2, 0.25) is 0 Å². The number of carbonyl (C=O) groups excluding carboxylic acids is 2. The van der Waals surface area contributed by atoms with Gasteiger partial charge in [-0.3, -0.25) is 9.59 Å². The summed E-state index contributed by atoms with van der Waals surface area (Å²) in [6.45, 7) is 2.50. The van der Waals surface area contributed by atoms with Crippen molar-refractivity contribution in [2.24, 2.45) is 5.92 Å². The summed E-state index contributed by atoms with van der Waals surface area (Å²) in [4.78, 5) is 27.6. The Morgan fingerprint density at radius 3 is 2.61 bits per heavy atom. The van der Waals surface area contributed by atoms with Gasteiger partial charge in [-0.25, -0.2) is 4.68 Å². The number of anilines is 3. The van der Waals surface area contributed by atoms with Crippen LogP contribution in [0.5, 0.6) is 0 Å². The van der Waals surface area contributed by atoms with Crippen molar-refractivity contribution in [2.45, 2.75) is 38.5 Å². The van der Waals surface area contributed by atoms with Gasteiger partial charge in [0.1, 0.15) is 5.82 Å². The highest BCUT2D eigenvalue weighted by atomic mass is 16.2. The predicted octanol–water partition coefficient (Wildman–Crippen LogP) is 4.56. The van der Waals surface area contributed by atoms with Gasteiger partial charge in [0.05, 0.1) is 35.2 Å². The summed E-state index contributed by atoms with van der Waals surface area (Å²) in [5.41, 5.74) is 3.54. The first kappa shape index (κ1) is 21.2. The van der Waals surface area contributed by atoms with E-state index in [9.17, 15) is 9.59 Å². The second-order valence-corrected chi connectivity index (χ2v) is 9.02. The summed E-state index contributed by atoms with van der Waals surface area (Å²) in [5.74, 6) is 0.726. The Morgan fingerprint density at radius 2 is 1.82 bits per heavy atom. The minimum atomic E-state index is -0.228. The minimum Gasteiger partial charge on any atom is -0.360 e. The quantitative estimate of drug-likeness (QED) is 0.606. The molecular formula is C26H29N5O2. The summed E-state index contributed by atoms with van der Waals surface area (Å²) < 4.78 is 1.83. The highest BCUT2D eigenvalue weighted by Crippen LogP contribution is 2.35. The van der Waals surface area contributed by atoms with Crippen LogP contribution in [0.4, 0.5) is 17.2 Å². The van der Waals surface area contributed by atoms with E-state index in [0.29, 0.717) is 18.3 Å². The maximum atomic E-state index is 13.2. The highest BCUT2D eigenvalue weighted by molar-refractivity contribution is 6.00. The highest BCUT2D eigenvalue weighted by Gasteiger charge is 2.27. The van der Waals surface area contributed by atoms with Gasteiger partial charge in [-0.05, 0) is 37.1 Å². The summed E-state index contributed by atoms with van der Waals surface area (Å²) in [5, 5.41) is 10.9. The molecule has 2 heterocycles. The number of fused-ring (bicyclic) bond motifs is 1. The van der Waals surface area contributed by atoms with Crippen molar-refractivity contribution in [2.75, 3.05) is 28.6 Å². The minimum absolute atomic E-state index is 0.0336. The molecule has 1 aromatic heterocycles. The maximum Gasteiger partial charge on any atom is 0.245 e. The number of benzene rings is 2. The van der Waals surface area contributed by atoms with E-state index in [-0.39, 0.29) is 24.3 Å². The van der Waals surface area contributed by atoms with Crippen LogP contribution in [0.3, 0.4) is 0 Å². The third-order valence-electron chi connectivity index (χ3n) is 6.55. The van der Waals surface area contributed by atoms with Crippen LogP contribution in [0.1, 0.15) is 44.2 Å². The smallest absolute Gasteiger partial charge is 0.245 e. The molecule has 1 atom stereocenters. The van der Waals surface area contributed by atoms with Gasteiger partial charge in [-0.1, -0.05) is 50.1 Å². The molecule has 0 bridgehead atoms. The van der Waals surface area contributed by atoms with Crippen molar-refractivity contribution in [1.29, 1.82) is 0 Å². The van der Waals surface area contributed by atoms with E-state index in [1.54, 1.807) is 0 Å². The normalized spacial score (nSPS) is 18.5. The van der Waals surface area contributed by atoms with Gasteiger partial charge >= 0.3 is 0 Å². The number of aromatic nitrogens is 2. The average Bonchev–Trinajstić information content (AvgIpc) is 3.47. The molecule has 1 aliphatic carbocycles. The molecule has 7 nitrogen and oxygen atoms in total. The fraction of sp³-hybridized carbons (Fsp3) is 0.346. The zero-order valence-corrected chi connectivity index (χ0v) is 18.8. The summed E-state index contributed by atoms with van der Waals surface area (Å²) >= 11 is 0. The maximum absolute atomic E-state index is 13.2. The van der Waals surface area contributed by atoms with E-state index in [1.165, 1.54) is 12.8 Å². The number of amides is 2. The van der Waals surface area contributed by atoms with Crippen molar-refractivity contribution in [3.05, 3.63) is 66.4 Å². The number of hydrogen-bond acceptors (Lipinski definition) is 4. The van der Waals surface area contributed by atoms with Crippen molar-refractivity contribution in [3.63, 3.8) is 0 Å². The van der Waals surface area contributed by atoms with Crippen LogP contribution in [0.15, 0.2) is 60.7 Å². The van der Waals surface area contributed by atoms with Crippen LogP contribution in [0.25, 0.3) is 5.69 Å². The molecule has 5 rings (SSSR count). The van der Waals surface area contributed by atoms with Gasteiger partial charge in [0.15, 0.2) is 0 Å². The molecular weight excluding hydrogens is 414 g/mol. The van der Waals surface area contributed by atoms with E-state index in [2.05, 4.69) is 10.6 Å². The fourth-order valence-electron chi connectivity index (χ4n) is 4.80. The number of nitrogens with one attached hydrogen (secondary N) is 2. The van der Waals surface area contributed by atoms with Crippen molar-refractivity contribution >= 4 is 29.0 Å². The van der Waals surface area contributed by atoms with E-state index in [4.69, 9.17) is 5.10 Å². The molecule has 2 N–H and O–H groups in total. The molecule has 1 fully saturated rings. The number of hydrogen-bond donors (Lipinski definition) is 2. The first-order chi connectivity index (χ1) is 16.1. The molecule has 1 aliphatic heterocycles. The standard InChI is InChI=1S/C26H29N5O2/c1-18-16-30(23-14-8-7-13-21(23)27-26(18)33)17-25(32)28-24-15-22(19-9-5-6-10-19)29-31(24)20-11-3-2-4-12-20/h2-4,7-8,11-15,18-19H,5-6,9-10,16-17H2,1H3,(H,27,33)(H,28,32). The lowest BCUT2D eigenvalue weighted by atomic mass is 10.0. The first-order valence-corrected chi connectivity index (χ1v) is 11.7. The van der Waals surface area contributed by atoms with Crippen LogP contribution in [-0.2, 0) is 9.59 Å². The molecule has 0 saturated heterocycles. The van der Waals surface area contributed by atoms with E-state index >= 15 is 0 Å². The van der Waals surface area contributed by atoms with Crippen LogP contribution < -0.4 is 15.5 Å². The molecule has 1 unspecified atom stereocenters. The van der Waals surface area contributed by atoms with Gasteiger partial charge in [-0.2, -0.15) is 5.10 Å². The van der Waals surface area contributed by atoms with E-state index in [1.807, 2.05) is 77.2 Å². The largest absolute Gasteiger partial charge is 0.360 e. The topological polar surface area (TPSA) is 79.3 Å². The Kier molecular flexibility index (Phi) is 5.86. The molecule has 170 valence electrons. The van der Waals surface area contributed by atoms with E-state index < -0.39 is 0 Å². The zero-order valence-electron chi connectivity index (χ0n) is 18.8. The molecule has 0 spiro atoms. The van der Waals surface area contributed by atoms with Crippen LogP contribution >= 0.6 is 0 Å². The number of carbonyl (C=O) groups is 2.